The highest BCUT2D eigenvalue weighted by atomic mass is 32.1. The topological polar surface area (TPSA) is 66.7 Å². The van der Waals surface area contributed by atoms with E-state index in [-0.39, 0.29) is 5.76 Å². The van der Waals surface area contributed by atoms with E-state index in [4.69, 9.17) is 10.4 Å². The molecule has 0 bridgehead atoms. The van der Waals surface area contributed by atoms with Crippen molar-refractivity contribution >= 4 is 34.1 Å². The molecule has 3 heterocycles. The number of aliphatic hydroxyl groups is 1. The first kappa shape index (κ1) is 20.7. The average Bonchev–Trinajstić information content (AvgIpc) is 3.39. The summed E-state index contributed by atoms with van der Waals surface area (Å²) in [6.07, 6.45) is 0. The number of aromatic nitrogens is 1. The highest BCUT2D eigenvalue weighted by Gasteiger charge is 2.31. The molecule has 2 aliphatic rings. The van der Waals surface area contributed by atoms with Crippen LogP contribution in [-0.2, 0) is 0 Å². The number of hydrogen-bond donors (Lipinski definition) is 2. The van der Waals surface area contributed by atoms with Gasteiger partial charge in [-0.3, -0.25) is 5.41 Å². The first-order chi connectivity index (χ1) is 15.5. The van der Waals surface area contributed by atoms with Crippen molar-refractivity contribution in [3.05, 3.63) is 70.2 Å². The fourth-order valence-corrected chi connectivity index (χ4v) is 5.07. The van der Waals surface area contributed by atoms with E-state index in [0.29, 0.717) is 23.0 Å². The number of likely N-dealkylation sites (N-methyl/N-ethyl adjacent to an activating group) is 1. The number of hydrogen-bond acceptors (Lipinski definition) is 6. The smallest absolute Gasteiger partial charge is 0.139 e. The number of piperazine rings is 1. The number of nitrogens with zero attached hydrogens (tertiary/aromatic N) is 4. The summed E-state index contributed by atoms with van der Waals surface area (Å²) in [5.74, 6) is 0.489. The van der Waals surface area contributed by atoms with Crippen LogP contribution in [0.15, 0.2) is 59.7 Å². The minimum atomic E-state index is 0.197. The van der Waals surface area contributed by atoms with E-state index in [2.05, 4.69) is 60.2 Å². The Bertz CT molecular complexity index is 1160. The Morgan fingerprint density at radius 1 is 0.938 bits per heavy atom. The molecule has 3 aromatic rings. The van der Waals surface area contributed by atoms with Crippen molar-refractivity contribution in [1.29, 1.82) is 5.41 Å². The lowest BCUT2D eigenvalue weighted by Gasteiger charge is -2.34. The van der Waals surface area contributed by atoms with Crippen molar-refractivity contribution in [3.63, 3.8) is 0 Å². The molecule has 0 unspecified atom stereocenters. The lowest BCUT2D eigenvalue weighted by atomic mass is 10.1. The molecule has 2 aliphatic heterocycles. The predicted octanol–water partition coefficient (Wildman–Crippen LogP) is 4.64. The summed E-state index contributed by atoms with van der Waals surface area (Å²) >= 11 is 1.46. The number of aliphatic hydroxyl groups excluding tert-OH is 1. The van der Waals surface area contributed by atoms with Gasteiger partial charge in [0.05, 0.1) is 17.8 Å². The minimum absolute atomic E-state index is 0.197. The summed E-state index contributed by atoms with van der Waals surface area (Å²) in [7, 11) is 2.16. The minimum Gasteiger partial charge on any atom is -0.510 e. The Hall–Kier alpha value is -3.16. The Balaban J connectivity index is 1.33. The monoisotopic (exact) mass is 445 g/mol. The maximum atomic E-state index is 10.7. The molecular formula is C25H27N5OS. The molecule has 32 heavy (non-hydrogen) atoms. The van der Waals surface area contributed by atoms with Crippen molar-refractivity contribution in [3.8, 4) is 11.3 Å². The maximum absolute atomic E-state index is 10.7. The molecule has 6 nitrogen and oxygen atoms in total. The van der Waals surface area contributed by atoms with Crippen LogP contribution >= 0.6 is 11.3 Å². The molecule has 0 amide bonds. The number of benzene rings is 2. The van der Waals surface area contributed by atoms with Crippen molar-refractivity contribution < 1.29 is 5.11 Å². The number of amidine groups is 1. The Morgan fingerprint density at radius 3 is 2.28 bits per heavy atom. The van der Waals surface area contributed by atoms with Crippen molar-refractivity contribution in [1.82, 2.24) is 9.88 Å². The van der Waals surface area contributed by atoms with Gasteiger partial charge in [0.1, 0.15) is 16.6 Å². The molecule has 0 saturated carbocycles. The van der Waals surface area contributed by atoms with Crippen LogP contribution in [-0.4, -0.2) is 60.6 Å². The second kappa shape index (κ2) is 8.41. The van der Waals surface area contributed by atoms with Gasteiger partial charge in [0.25, 0.3) is 0 Å². The number of nitrogens with one attached hydrogen (secondary N) is 1. The van der Waals surface area contributed by atoms with Gasteiger partial charge >= 0.3 is 0 Å². The van der Waals surface area contributed by atoms with Crippen LogP contribution in [0.1, 0.15) is 10.6 Å². The molecule has 1 saturated heterocycles. The lowest BCUT2D eigenvalue weighted by molar-refractivity contribution is 0.313. The molecular weight excluding hydrogens is 418 g/mol. The van der Waals surface area contributed by atoms with Gasteiger partial charge in [-0.25, -0.2) is 4.98 Å². The molecule has 0 spiro atoms. The highest BCUT2D eigenvalue weighted by Crippen LogP contribution is 2.35. The zero-order valence-corrected chi connectivity index (χ0v) is 19.2. The summed E-state index contributed by atoms with van der Waals surface area (Å²) < 4.78 is 0. The third kappa shape index (κ3) is 3.89. The standard InChI is InChI=1S/C25H27N5OS/c1-17-3-5-18(6-4-17)21-16-32-25(27-21)23-22(31)15-30(24(23)26)20-9-7-19(8-10-20)29-13-11-28(2)12-14-29/h3-10,16,26,31H,11-15H2,1-2H3. The first-order valence-electron chi connectivity index (χ1n) is 10.8. The van der Waals surface area contributed by atoms with Crippen molar-refractivity contribution in [2.45, 2.75) is 6.92 Å². The van der Waals surface area contributed by atoms with Gasteiger partial charge in [-0.05, 0) is 38.2 Å². The summed E-state index contributed by atoms with van der Waals surface area (Å²) in [6, 6.07) is 16.5. The van der Waals surface area contributed by atoms with E-state index in [1.165, 1.54) is 22.6 Å². The van der Waals surface area contributed by atoms with Crippen molar-refractivity contribution in [2.75, 3.05) is 49.6 Å². The van der Waals surface area contributed by atoms with Crippen molar-refractivity contribution in [2.24, 2.45) is 0 Å². The fraction of sp³-hybridized carbons (Fsp3) is 0.280. The number of anilines is 2. The third-order valence-corrected chi connectivity index (χ3v) is 7.06. The number of thiazole rings is 1. The Morgan fingerprint density at radius 2 is 1.59 bits per heavy atom. The molecule has 164 valence electrons. The predicted molar refractivity (Wildman–Crippen MR) is 133 cm³/mol. The maximum Gasteiger partial charge on any atom is 0.139 e. The van der Waals surface area contributed by atoms with Gasteiger partial charge in [0.15, 0.2) is 0 Å². The molecule has 5 rings (SSSR count). The highest BCUT2D eigenvalue weighted by molar-refractivity contribution is 7.11. The van der Waals surface area contributed by atoms with E-state index in [0.717, 1.165) is 43.1 Å². The molecule has 0 radical (unpaired) electrons. The molecule has 0 aliphatic carbocycles. The van der Waals surface area contributed by atoms with Crippen LogP contribution in [0, 0.1) is 12.3 Å². The van der Waals surface area contributed by atoms with Gasteiger partial charge < -0.3 is 19.8 Å². The second-order valence-corrected chi connectivity index (χ2v) is 9.33. The zero-order valence-electron chi connectivity index (χ0n) is 18.4. The summed E-state index contributed by atoms with van der Waals surface area (Å²) in [5.41, 5.74) is 5.75. The molecule has 2 aromatic carbocycles. The molecule has 2 N–H and O–H groups in total. The Kier molecular flexibility index (Phi) is 5.45. The quantitative estimate of drug-likeness (QED) is 0.613. The van der Waals surface area contributed by atoms with Crippen LogP contribution in [0.5, 0.6) is 0 Å². The van der Waals surface area contributed by atoms with Gasteiger partial charge in [-0.15, -0.1) is 11.3 Å². The van der Waals surface area contributed by atoms with Crippen LogP contribution in [0.2, 0.25) is 0 Å². The fourth-order valence-electron chi connectivity index (χ4n) is 4.18. The molecule has 7 heteroatoms. The molecule has 1 aromatic heterocycles. The van der Waals surface area contributed by atoms with Gasteiger partial charge in [0, 0.05) is 48.5 Å². The van der Waals surface area contributed by atoms with E-state index in [1.54, 1.807) is 0 Å². The second-order valence-electron chi connectivity index (χ2n) is 8.47. The molecule has 0 atom stereocenters. The Labute approximate surface area is 192 Å². The van der Waals surface area contributed by atoms with E-state index in [1.807, 2.05) is 22.4 Å². The van der Waals surface area contributed by atoms with E-state index >= 15 is 0 Å². The van der Waals surface area contributed by atoms with E-state index < -0.39 is 0 Å². The summed E-state index contributed by atoms with van der Waals surface area (Å²) in [5, 5.41) is 22.1. The van der Waals surface area contributed by atoms with Gasteiger partial charge in [0.2, 0.25) is 0 Å². The first-order valence-corrected chi connectivity index (χ1v) is 11.7. The lowest BCUT2D eigenvalue weighted by Crippen LogP contribution is -2.44. The summed E-state index contributed by atoms with van der Waals surface area (Å²) in [4.78, 5) is 11.3. The summed E-state index contributed by atoms with van der Waals surface area (Å²) in [6.45, 7) is 6.54. The average molecular weight is 446 g/mol. The zero-order chi connectivity index (χ0) is 22.2. The number of rotatable bonds is 4. The van der Waals surface area contributed by atoms with Crippen LogP contribution in [0.4, 0.5) is 11.4 Å². The SMILES string of the molecule is Cc1ccc(-c2csc(C3=C(O)CN(c4ccc(N5CCN(C)CC5)cc4)C3=N)n2)cc1. The normalized spacial score (nSPS) is 17.5. The number of aryl methyl sites for hydroxylation is 1. The van der Waals surface area contributed by atoms with Gasteiger partial charge in [-0.2, -0.15) is 0 Å². The van der Waals surface area contributed by atoms with E-state index in [9.17, 15) is 5.11 Å². The van der Waals surface area contributed by atoms with Gasteiger partial charge in [-0.1, -0.05) is 29.8 Å². The third-order valence-electron chi connectivity index (χ3n) is 6.20. The molecule has 1 fully saturated rings. The van der Waals surface area contributed by atoms with Crippen LogP contribution in [0.3, 0.4) is 0 Å². The van der Waals surface area contributed by atoms with Crippen LogP contribution < -0.4 is 9.80 Å². The van der Waals surface area contributed by atoms with Crippen LogP contribution in [0.25, 0.3) is 16.8 Å². The largest absolute Gasteiger partial charge is 0.510 e.